The third-order valence-electron chi connectivity index (χ3n) is 2.76. The molecule has 0 saturated carbocycles. The quantitative estimate of drug-likeness (QED) is 0.377. The highest BCUT2D eigenvalue weighted by atomic mass is 16.5. The summed E-state index contributed by atoms with van der Waals surface area (Å²) in [5, 5.41) is 0. The van der Waals surface area contributed by atoms with Gasteiger partial charge in [-0.15, -0.1) is 0 Å². The van der Waals surface area contributed by atoms with Gasteiger partial charge in [-0.3, -0.25) is 0 Å². The highest BCUT2D eigenvalue weighted by Crippen LogP contribution is 2.06. The molecule has 0 bridgehead atoms. The van der Waals surface area contributed by atoms with Crippen molar-refractivity contribution in [2.45, 2.75) is 45.4 Å². The lowest BCUT2D eigenvalue weighted by molar-refractivity contribution is 0.0662. The van der Waals surface area contributed by atoms with Gasteiger partial charge in [0.05, 0.1) is 11.8 Å². The Morgan fingerprint density at radius 2 is 1.83 bits per heavy atom. The first-order chi connectivity index (χ1) is 8.84. The summed E-state index contributed by atoms with van der Waals surface area (Å²) < 4.78 is 5.04. The lowest BCUT2D eigenvalue weighted by Crippen LogP contribution is -1.99. The van der Waals surface area contributed by atoms with E-state index in [1.807, 2.05) is 24.3 Å². The molecule has 1 rings (SSSR count). The Hall–Kier alpha value is -1.57. The van der Waals surface area contributed by atoms with Crippen LogP contribution in [-0.2, 0) is 4.74 Å². The van der Waals surface area contributed by atoms with Crippen LogP contribution in [0.4, 0.5) is 0 Å². The van der Waals surface area contributed by atoms with Crippen LogP contribution in [0.25, 0.3) is 0 Å². The number of unbranched alkanes of at least 4 members (excludes halogenated alkanes) is 5. The van der Waals surface area contributed by atoms with E-state index >= 15 is 0 Å². The number of benzene rings is 1. The lowest BCUT2D eigenvalue weighted by Gasteiger charge is -1.99. The molecule has 2 nitrogen and oxygen atoms in total. The third kappa shape index (κ3) is 6.24. The van der Waals surface area contributed by atoms with E-state index in [2.05, 4.69) is 6.92 Å². The smallest absolute Gasteiger partial charge is 0.342 e. The molecule has 0 spiro atoms. The first-order valence-electron chi connectivity index (χ1n) is 6.75. The fourth-order valence-electron chi connectivity index (χ4n) is 1.69. The molecule has 0 aliphatic rings. The van der Waals surface area contributed by atoms with Gasteiger partial charge in [-0.25, -0.2) is 4.79 Å². The van der Waals surface area contributed by atoms with E-state index < -0.39 is 0 Å². The van der Waals surface area contributed by atoms with Crippen LogP contribution < -0.4 is 0 Å². The highest BCUT2D eigenvalue weighted by molar-refractivity contribution is 5.89. The SMILES string of the molecule is CCCCCCCC=COC(=O)c1ccccc1. The van der Waals surface area contributed by atoms with Crippen LogP contribution in [0.2, 0.25) is 0 Å². The molecule has 0 heterocycles. The maximum absolute atomic E-state index is 11.5. The zero-order valence-corrected chi connectivity index (χ0v) is 11.1. The van der Waals surface area contributed by atoms with Crippen LogP contribution in [0.3, 0.4) is 0 Å². The summed E-state index contributed by atoms with van der Waals surface area (Å²) in [6, 6.07) is 9.03. The third-order valence-corrected chi connectivity index (χ3v) is 2.76. The predicted molar refractivity (Wildman–Crippen MR) is 74.4 cm³/mol. The Morgan fingerprint density at radius 1 is 1.11 bits per heavy atom. The zero-order chi connectivity index (χ0) is 13.1. The second-order valence-corrected chi connectivity index (χ2v) is 4.35. The highest BCUT2D eigenvalue weighted by Gasteiger charge is 2.02. The maximum atomic E-state index is 11.5. The predicted octanol–water partition coefficient (Wildman–Crippen LogP) is 4.72. The van der Waals surface area contributed by atoms with Crippen LogP contribution in [0, 0.1) is 0 Å². The van der Waals surface area contributed by atoms with Gasteiger partial charge in [0.2, 0.25) is 0 Å². The lowest BCUT2D eigenvalue weighted by atomic mass is 10.1. The minimum absolute atomic E-state index is 0.294. The second kappa shape index (κ2) is 9.46. The van der Waals surface area contributed by atoms with Gasteiger partial charge in [-0.2, -0.15) is 0 Å². The van der Waals surface area contributed by atoms with E-state index in [0.29, 0.717) is 5.56 Å². The fraction of sp³-hybridized carbons (Fsp3) is 0.438. The van der Waals surface area contributed by atoms with Crippen molar-refractivity contribution in [3.8, 4) is 0 Å². The molecule has 1 aromatic carbocycles. The van der Waals surface area contributed by atoms with Crippen LogP contribution >= 0.6 is 0 Å². The molecule has 0 radical (unpaired) electrons. The van der Waals surface area contributed by atoms with E-state index in [-0.39, 0.29) is 5.97 Å². The number of hydrogen-bond acceptors (Lipinski definition) is 2. The van der Waals surface area contributed by atoms with Gasteiger partial charge in [0.25, 0.3) is 0 Å². The Kier molecular flexibility index (Phi) is 7.61. The second-order valence-electron chi connectivity index (χ2n) is 4.35. The molecule has 18 heavy (non-hydrogen) atoms. The molecule has 98 valence electrons. The molecule has 0 N–H and O–H groups in total. The van der Waals surface area contributed by atoms with Gasteiger partial charge >= 0.3 is 5.97 Å². The molecule has 0 saturated heterocycles. The average molecular weight is 246 g/mol. The molecular formula is C16H22O2. The number of hydrogen-bond donors (Lipinski definition) is 0. The summed E-state index contributed by atoms with van der Waals surface area (Å²) in [5.74, 6) is -0.294. The molecule has 0 amide bonds. The molecule has 0 aliphatic carbocycles. The number of esters is 1. The molecule has 2 heteroatoms. The van der Waals surface area contributed by atoms with E-state index in [1.54, 1.807) is 12.1 Å². The monoisotopic (exact) mass is 246 g/mol. The van der Waals surface area contributed by atoms with Crippen molar-refractivity contribution in [3.05, 3.63) is 48.2 Å². The van der Waals surface area contributed by atoms with Gasteiger partial charge in [-0.1, -0.05) is 50.8 Å². The van der Waals surface area contributed by atoms with Crippen LogP contribution in [0.1, 0.15) is 55.8 Å². The van der Waals surface area contributed by atoms with E-state index in [9.17, 15) is 4.79 Å². The molecule has 0 atom stereocenters. The summed E-state index contributed by atoms with van der Waals surface area (Å²) in [6.07, 6.45) is 10.7. The molecule has 1 aromatic rings. The summed E-state index contributed by atoms with van der Waals surface area (Å²) in [5.41, 5.74) is 0.588. The van der Waals surface area contributed by atoms with E-state index in [1.165, 1.54) is 38.4 Å². The molecule has 0 aromatic heterocycles. The Bertz CT molecular complexity index is 355. The number of carbonyl (C=O) groups excluding carboxylic acids is 1. The van der Waals surface area contributed by atoms with Crippen molar-refractivity contribution in [3.63, 3.8) is 0 Å². The number of allylic oxidation sites excluding steroid dienone is 1. The summed E-state index contributed by atoms with van der Waals surface area (Å²) in [7, 11) is 0. The van der Waals surface area contributed by atoms with Crippen molar-refractivity contribution in [2.24, 2.45) is 0 Å². The Morgan fingerprint density at radius 3 is 2.56 bits per heavy atom. The fourth-order valence-corrected chi connectivity index (χ4v) is 1.69. The maximum Gasteiger partial charge on any atom is 0.342 e. The Balaban J connectivity index is 2.11. The van der Waals surface area contributed by atoms with Crippen molar-refractivity contribution < 1.29 is 9.53 Å². The first kappa shape index (κ1) is 14.5. The van der Waals surface area contributed by atoms with Gasteiger partial charge in [0.15, 0.2) is 0 Å². The molecule has 0 aliphatic heterocycles. The molecular weight excluding hydrogens is 224 g/mol. The first-order valence-corrected chi connectivity index (χ1v) is 6.75. The van der Waals surface area contributed by atoms with E-state index in [0.717, 1.165) is 6.42 Å². The van der Waals surface area contributed by atoms with E-state index in [4.69, 9.17) is 4.74 Å². The summed E-state index contributed by atoms with van der Waals surface area (Å²) in [4.78, 5) is 11.5. The number of rotatable bonds is 8. The Labute approximate surface area is 110 Å². The standard InChI is InChI=1S/C16H22O2/c1-2-3-4-5-6-7-11-14-18-16(17)15-12-9-8-10-13-15/h8-14H,2-7H2,1H3. The largest absolute Gasteiger partial charge is 0.431 e. The van der Waals surface area contributed by atoms with Crippen molar-refractivity contribution in [2.75, 3.05) is 0 Å². The zero-order valence-electron chi connectivity index (χ0n) is 11.1. The minimum atomic E-state index is -0.294. The molecule has 0 fully saturated rings. The number of carbonyl (C=O) groups is 1. The number of ether oxygens (including phenoxy) is 1. The van der Waals surface area contributed by atoms with Crippen LogP contribution in [0.15, 0.2) is 42.7 Å². The molecule has 0 unspecified atom stereocenters. The van der Waals surface area contributed by atoms with Gasteiger partial charge in [0, 0.05) is 0 Å². The normalized spacial score (nSPS) is 10.7. The van der Waals surface area contributed by atoms with Crippen LogP contribution in [0.5, 0.6) is 0 Å². The van der Waals surface area contributed by atoms with Gasteiger partial charge in [-0.05, 0) is 31.1 Å². The minimum Gasteiger partial charge on any atom is -0.431 e. The van der Waals surface area contributed by atoms with Crippen molar-refractivity contribution in [1.82, 2.24) is 0 Å². The summed E-state index contributed by atoms with van der Waals surface area (Å²) >= 11 is 0. The van der Waals surface area contributed by atoms with Gasteiger partial charge < -0.3 is 4.74 Å². The van der Waals surface area contributed by atoms with Gasteiger partial charge in [0.1, 0.15) is 0 Å². The van der Waals surface area contributed by atoms with Crippen molar-refractivity contribution in [1.29, 1.82) is 0 Å². The van der Waals surface area contributed by atoms with Crippen molar-refractivity contribution >= 4 is 5.97 Å². The summed E-state index contributed by atoms with van der Waals surface area (Å²) in [6.45, 7) is 2.21. The average Bonchev–Trinajstić information content (AvgIpc) is 2.42. The topological polar surface area (TPSA) is 26.3 Å². The van der Waals surface area contributed by atoms with Crippen LogP contribution in [-0.4, -0.2) is 5.97 Å².